The third-order valence-corrected chi connectivity index (χ3v) is 6.75. The number of aromatic nitrogens is 3. The van der Waals surface area contributed by atoms with Crippen molar-refractivity contribution in [2.24, 2.45) is 0 Å². The van der Waals surface area contributed by atoms with Gasteiger partial charge >= 0.3 is 0 Å². The van der Waals surface area contributed by atoms with E-state index in [4.69, 9.17) is 10.5 Å². The van der Waals surface area contributed by atoms with Crippen molar-refractivity contribution in [2.75, 3.05) is 12.8 Å². The molecular weight excluding hydrogens is 392 g/mol. The topological polar surface area (TPSA) is 134 Å². The summed E-state index contributed by atoms with van der Waals surface area (Å²) in [5, 5.41) is -0.979. The van der Waals surface area contributed by atoms with Crippen LogP contribution in [0.25, 0.3) is 11.0 Å². The minimum Gasteiger partial charge on any atom is -0.493 e. The second-order valence-corrected chi connectivity index (χ2v) is 9.08. The average Bonchev–Trinajstić information content (AvgIpc) is 3.04. The molecule has 0 saturated carbocycles. The lowest BCUT2D eigenvalue weighted by Crippen LogP contribution is -2.21. The van der Waals surface area contributed by atoms with Crippen LogP contribution < -0.4 is 11.3 Å². The Morgan fingerprint density at radius 1 is 1.30 bits per heavy atom. The molecule has 0 amide bonds. The number of sulfone groups is 1. The lowest BCUT2D eigenvalue weighted by atomic mass is 10.0. The molecule has 0 bridgehead atoms. The summed E-state index contributed by atoms with van der Waals surface area (Å²) in [7, 11) is -2.38. The lowest BCUT2D eigenvalue weighted by Gasteiger charge is -2.10. The fraction of sp³-hybridized carbons (Fsp3) is 0.250. The van der Waals surface area contributed by atoms with Crippen LogP contribution in [0.15, 0.2) is 39.5 Å². The Balaban J connectivity index is 2.26. The van der Waals surface area contributed by atoms with Crippen LogP contribution in [-0.2, 0) is 19.4 Å². The maximum absolute atomic E-state index is 12.5. The third-order valence-electron chi connectivity index (χ3n) is 3.91. The number of allylic oxidation sites excluding steroid dienone is 4. The van der Waals surface area contributed by atoms with Crippen LogP contribution in [0, 0.1) is 0 Å². The molecule has 0 radical (unpaired) electrons. The average molecular weight is 408 g/mol. The van der Waals surface area contributed by atoms with Gasteiger partial charge in [-0.25, -0.2) is 12.8 Å². The first-order valence-electron chi connectivity index (χ1n) is 7.78. The van der Waals surface area contributed by atoms with E-state index in [1.165, 1.54) is 45.3 Å². The predicted octanol–water partition coefficient (Wildman–Crippen LogP) is 0.968. The van der Waals surface area contributed by atoms with Crippen molar-refractivity contribution in [1.29, 1.82) is 0 Å². The first kappa shape index (κ1) is 19.0. The van der Waals surface area contributed by atoms with E-state index < -0.39 is 20.6 Å². The highest BCUT2D eigenvalue weighted by molar-refractivity contribution is 7.91. The number of methoxy groups -OCH3 is 1. The molecule has 9 nitrogen and oxygen atoms in total. The molecule has 0 unspecified atom stereocenters. The Labute approximate surface area is 158 Å². The number of ketones is 1. The van der Waals surface area contributed by atoms with E-state index in [2.05, 4.69) is 9.36 Å². The van der Waals surface area contributed by atoms with Gasteiger partial charge in [-0.2, -0.15) is 9.36 Å². The largest absolute Gasteiger partial charge is 0.493 e. The number of hydrogen-bond donors (Lipinski definition) is 1. The molecule has 1 aliphatic rings. The molecule has 3 rings (SSSR count). The molecule has 0 spiro atoms. The van der Waals surface area contributed by atoms with Crippen molar-refractivity contribution >= 4 is 44.0 Å². The van der Waals surface area contributed by atoms with E-state index >= 15 is 0 Å². The predicted molar refractivity (Wildman–Crippen MR) is 101 cm³/mol. The molecule has 142 valence electrons. The number of nitrogens with two attached hydrogens (primary N) is 1. The summed E-state index contributed by atoms with van der Waals surface area (Å²) >= 11 is 0.777. The van der Waals surface area contributed by atoms with Crippen molar-refractivity contribution in [1.82, 2.24) is 13.8 Å². The Kier molecular flexibility index (Phi) is 4.74. The summed E-state index contributed by atoms with van der Waals surface area (Å²) in [5.41, 5.74) is 5.96. The van der Waals surface area contributed by atoms with Crippen LogP contribution in [0.1, 0.15) is 19.4 Å². The zero-order valence-electron chi connectivity index (χ0n) is 14.7. The zero-order valence-corrected chi connectivity index (χ0v) is 16.3. The molecule has 0 fully saturated rings. The number of hydrogen-bond acceptors (Lipinski definition) is 9. The van der Waals surface area contributed by atoms with Gasteiger partial charge in [-0.15, -0.1) is 0 Å². The Bertz CT molecular complexity index is 1200. The van der Waals surface area contributed by atoms with Crippen LogP contribution in [0.3, 0.4) is 0 Å². The fourth-order valence-corrected chi connectivity index (χ4v) is 4.44. The van der Waals surface area contributed by atoms with E-state index in [1.807, 2.05) is 0 Å². The van der Waals surface area contributed by atoms with Gasteiger partial charge in [-0.3, -0.25) is 9.59 Å². The minimum atomic E-state index is -3.74. The van der Waals surface area contributed by atoms with Gasteiger partial charge < -0.3 is 10.5 Å². The molecule has 2 heterocycles. The molecule has 11 heteroatoms. The summed E-state index contributed by atoms with van der Waals surface area (Å²) in [5.74, 6) is -0.292. The monoisotopic (exact) mass is 408 g/mol. The number of ether oxygens (including phenoxy) is 1. The number of carbonyl (C=O) groups excluding carboxylic acids is 1. The van der Waals surface area contributed by atoms with Crippen molar-refractivity contribution < 1.29 is 17.9 Å². The van der Waals surface area contributed by atoms with Crippen LogP contribution in [0.5, 0.6) is 0 Å². The third kappa shape index (κ3) is 3.19. The van der Waals surface area contributed by atoms with Crippen molar-refractivity contribution in [3.05, 3.63) is 45.5 Å². The first-order chi connectivity index (χ1) is 12.7. The van der Waals surface area contributed by atoms with Gasteiger partial charge in [0, 0.05) is 11.5 Å². The molecule has 0 aromatic carbocycles. The van der Waals surface area contributed by atoms with E-state index in [1.54, 1.807) is 0 Å². The summed E-state index contributed by atoms with van der Waals surface area (Å²) in [4.78, 5) is 28.0. The second kappa shape index (κ2) is 6.74. The van der Waals surface area contributed by atoms with Gasteiger partial charge in [0.2, 0.25) is 25.7 Å². The smallest absolute Gasteiger partial charge is 0.283 e. The van der Waals surface area contributed by atoms with E-state index in [9.17, 15) is 18.0 Å². The van der Waals surface area contributed by atoms with Crippen LogP contribution in [-0.4, -0.2) is 40.3 Å². The summed E-state index contributed by atoms with van der Waals surface area (Å²) in [6, 6.07) is 0. The quantitative estimate of drug-likeness (QED) is 0.791. The highest BCUT2D eigenvalue weighted by Crippen LogP contribution is 2.24. The summed E-state index contributed by atoms with van der Waals surface area (Å²) in [6.07, 6.45) is 5.66. The molecule has 2 aromatic heterocycles. The van der Waals surface area contributed by atoms with Crippen molar-refractivity contribution in [2.45, 2.75) is 24.3 Å². The second-order valence-electron chi connectivity index (χ2n) is 5.95. The number of rotatable bonds is 4. The highest BCUT2D eigenvalue weighted by Gasteiger charge is 2.28. The van der Waals surface area contributed by atoms with Crippen molar-refractivity contribution in [3.8, 4) is 0 Å². The van der Waals surface area contributed by atoms with Crippen molar-refractivity contribution in [3.63, 3.8) is 0 Å². The van der Waals surface area contributed by atoms with Gasteiger partial charge in [0.05, 0.1) is 17.9 Å². The number of nitrogen functional groups attached to an aromatic ring is 1. The van der Waals surface area contributed by atoms with Gasteiger partial charge in [-0.05, 0) is 37.6 Å². The number of anilines is 1. The van der Waals surface area contributed by atoms with Gasteiger partial charge in [-0.1, -0.05) is 6.08 Å². The Morgan fingerprint density at radius 3 is 2.63 bits per heavy atom. The molecule has 2 N–H and O–H groups in total. The van der Waals surface area contributed by atoms with Crippen LogP contribution in [0.2, 0.25) is 0 Å². The van der Waals surface area contributed by atoms with Gasteiger partial charge in [0.1, 0.15) is 5.82 Å². The molecule has 27 heavy (non-hydrogen) atoms. The van der Waals surface area contributed by atoms with E-state index in [0.717, 1.165) is 15.9 Å². The standard InChI is InChI=1S/C16H16N4O5S2/c1-8(2)27(23,24)16-19-26-15-18-14(22)10(13(17)20(15)16)6-9-4-5-11(21)12(7-9)25-3/h4-8H,17H2,1-3H3/b9-6-. The maximum Gasteiger partial charge on any atom is 0.283 e. The van der Waals surface area contributed by atoms with Crippen LogP contribution in [0.4, 0.5) is 5.82 Å². The number of carbonyl (C=O) groups is 1. The molecule has 0 aliphatic heterocycles. The first-order valence-corrected chi connectivity index (χ1v) is 10.1. The van der Waals surface area contributed by atoms with Gasteiger partial charge in [0.15, 0.2) is 5.76 Å². The fourth-order valence-electron chi connectivity index (χ4n) is 2.36. The van der Waals surface area contributed by atoms with E-state index in [0.29, 0.717) is 5.57 Å². The van der Waals surface area contributed by atoms with E-state index in [-0.39, 0.29) is 33.0 Å². The van der Waals surface area contributed by atoms with Gasteiger partial charge in [0.25, 0.3) is 5.56 Å². The zero-order chi connectivity index (χ0) is 19.9. The number of nitrogens with zero attached hydrogens (tertiary/aromatic N) is 3. The maximum atomic E-state index is 12.5. The summed E-state index contributed by atoms with van der Waals surface area (Å²) < 4.78 is 35.1. The SMILES string of the molecule is COC1=C/C(=C\c2c(N)n3c(S(=O)(=O)C(C)C)nsc3nc2=O)C=CC1=O. The molecule has 2 aromatic rings. The summed E-state index contributed by atoms with van der Waals surface area (Å²) in [6.45, 7) is 3.05. The lowest BCUT2D eigenvalue weighted by molar-refractivity contribution is -0.114. The Morgan fingerprint density at radius 2 is 2.00 bits per heavy atom. The number of fused-ring (bicyclic) bond motifs is 1. The molecule has 0 atom stereocenters. The molecular formula is C16H16N4O5S2. The van der Waals surface area contributed by atoms with Crippen LogP contribution >= 0.6 is 11.5 Å². The normalized spacial score (nSPS) is 16.4. The minimum absolute atomic E-state index is 0.00592. The highest BCUT2D eigenvalue weighted by atomic mass is 32.2. The molecule has 0 saturated heterocycles. The molecule has 1 aliphatic carbocycles. The Hall–Kier alpha value is -2.79.